The Morgan fingerprint density at radius 3 is 2.74 bits per heavy atom. The molecule has 1 aromatic heterocycles. The van der Waals surface area contributed by atoms with Crippen LogP contribution >= 0.6 is 0 Å². The second kappa shape index (κ2) is 4.94. The van der Waals surface area contributed by atoms with Gasteiger partial charge in [0.2, 0.25) is 0 Å². The van der Waals surface area contributed by atoms with E-state index < -0.39 is 0 Å². The van der Waals surface area contributed by atoms with Gasteiger partial charge in [0.05, 0.1) is 5.52 Å². The van der Waals surface area contributed by atoms with Gasteiger partial charge in [-0.15, -0.1) is 0 Å². The molecule has 2 heterocycles. The predicted molar refractivity (Wildman–Crippen MR) is 75.8 cm³/mol. The molecule has 102 valence electrons. The smallest absolute Gasteiger partial charge is 0.147 e. The van der Waals surface area contributed by atoms with E-state index >= 15 is 0 Å². The molecule has 0 spiro atoms. The van der Waals surface area contributed by atoms with Gasteiger partial charge in [0, 0.05) is 51.4 Å². The summed E-state index contributed by atoms with van der Waals surface area (Å²) in [6, 6.07) is 3.82. The summed E-state index contributed by atoms with van der Waals surface area (Å²) in [5, 5.41) is 4.37. The molecule has 0 aliphatic carbocycles. The van der Waals surface area contributed by atoms with Crippen LogP contribution in [-0.4, -0.2) is 35.6 Å². The number of aryl methyl sites for hydroxylation is 2. The van der Waals surface area contributed by atoms with Gasteiger partial charge < -0.3 is 9.88 Å². The first kappa shape index (κ1) is 12.6. The lowest BCUT2D eigenvalue weighted by atomic mass is 10.1. The topological polar surface area (TPSA) is 20.2 Å². The third-order valence-electron chi connectivity index (χ3n) is 3.90. The number of piperazine rings is 1. The Bertz CT molecular complexity index is 597. The summed E-state index contributed by atoms with van der Waals surface area (Å²) in [6.07, 6.45) is 1.99. The van der Waals surface area contributed by atoms with Crippen LogP contribution in [0.2, 0.25) is 0 Å². The lowest BCUT2D eigenvalue weighted by Crippen LogP contribution is -2.42. The van der Waals surface area contributed by atoms with Crippen LogP contribution in [-0.2, 0) is 13.6 Å². The minimum absolute atomic E-state index is 0.113. The Kier molecular flexibility index (Phi) is 3.29. The summed E-state index contributed by atoms with van der Waals surface area (Å²) in [5.74, 6) is -0.113. The van der Waals surface area contributed by atoms with Crippen molar-refractivity contribution in [3.8, 4) is 0 Å². The van der Waals surface area contributed by atoms with Crippen LogP contribution in [0.5, 0.6) is 0 Å². The van der Waals surface area contributed by atoms with Gasteiger partial charge in [-0.2, -0.15) is 0 Å². The molecule has 0 radical (unpaired) electrons. The first-order chi connectivity index (χ1) is 9.15. The molecule has 0 amide bonds. The summed E-state index contributed by atoms with van der Waals surface area (Å²) in [7, 11) is 1.90. The molecule has 0 saturated carbocycles. The molecular formula is C15H20FN3. The highest BCUT2D eigenvalue weighted by atomic mass is 19.1. The van der Waals surface area contributed by atoms with E-state index in [1.54, 1.807) is 6.07 Å². The van der Waals surface area contributed by atoms with E-state index in [4.69, 9.17) is 0 Å². The predicted octanol–water partition coefficient (Wildman–Crippen LogP) is 2.03. The van der Waals surface area contributed by atoms with E-state index in [9.17, 15) is 4.39 Å². The summed E-state index contributed by atoms with van der Waals surface area (Å²) in [6.45, 7) is 6.99. The highest BCUT2D eigenvalue weighted by Gasteiger charge is 2.14. The van der Waals surface area contributed by atoms with Crippen LogP contribution in [0.15, 0.2) is 18.3 Å². The van der Waals surface area contributed by atoms with Crippen LogP contribution in [0.4, 0.5) is 4.39 Å². The summed E-state index contributed by atoms with van der Waals surface area (Å²) < 4.78 is 16.1. The van der Waals surface area contributed by atoms with Crippen molar-refractivity contribution >= 4 is 10.9 Å². The molecule has 2 aromatic rings. The van der Waals surface area contributed by atoms with Crippen molar-refractivity contribution in [3.05, 3.63) is 35.3 Å². The molecule has 4 heteroatoms. The maximum atomic E-state index is 14.2. The monoisotopic (exact) mass is 261 g/mol. The van der Waals surface area contributed by atoms with Gasteiger partial charge in [-0.25, -0.2) is 4.39 Å². The number of benzene rings is 1. The lowest BCUT2D eigenvalue weighted by Gasteiger charge is -2.27. The van der Waals surface area contributed by atoms with Crippen LogP contribution in [0, 0.1) is 12.7 Å². The minimum atomic E-state index is -0.113. The number of aromatic nitrogens is 1. The summed E-state index contributed by atoms with van der Waals surface area (Å²) >= 11 is 0. The number of halogens is 1. The molecule has 3 rings (SSSR count). The van der Waals surface area contributed by atoms with Crippen LogP contribution in [0.25, 0.3) is 10.9 Å². The zero-order chi connectivity index (χ0) is 13.4. The minimum Gasteiger partial charge on any atom is -0.348 e. The maximum Gasteiger partial charge on any atom is 0.147 e. The van der Waals surface area contributed by atoms with Crippen molar-refractivity contribution in [1.82, 2.24) is 14.8 Å². The normalized spacial score (nSPS) is 17.2. The highest BCUT2D eigenvalue weighted by molar-refractivity contribution is 5.85. The molecule has 1 fully saturated rings. The number of nitrogens with one attached hydrogen (secondary N) is 1. The van der Waals surface area contributed by atoms with Crippen molar-refractivity contribution in [1.29, 1.82) is 0 Å². The van der Waals surface area contributed by atoms with Crippen molar-refractivity contribution < 1.29 is 4.39 Å². The SMILES string of the molecule is Cc1cn(C)c2c(F)cc(CN3CCNCC3)cc12. The molecule has 1 aliphatic rings. The standard InChI is InChI=1S/C15H20FN3/c1-11-9-18(2)15-13(11)7-12(8-14(15)16)10-19-5-3-17-4-6-19/h7-9,17H,3-6,10H2,1-2H3. The lowest BCUT2D eigenvalue weighted by molar-refractivity contribution is 0.233. The molecule has 0 atom stereocenters. The van der Waals surface area contributed by atoms with Crippen LogP contribution in [0.3, 0.4) is 0 Å². The second-order valence-electron chi connectivity index (χ2n) is 5.42. The molecule has 19 heavy (non-hydrogen) atoms. The number of fused-ring (bicyclic) bond motifs is 1. The van der Waals surface area contributed by atoms with Crippen LogP contribution in [0.1, 0.15) is 11.1 Å². The van der Waals surface area contributed by atoms with E-state index in [1.165, 1.54) is 0 Å². The Labute approximate surface area is 113 Å². The van der Waals surface area contributed by atoms with Crippen molar-refractivity contribution in [2.45, 2.75) is 13.5 Å². The number of hydrogen-bond acceptors (Lipinski definition) is 2. The van der Waals surface area contributed by atoms with Crippen molar-refractivity contribution in [2.24, 2.45) is 7.05 Å². The number of rotatable bonds is 2. The number of hydrogen-bond donors (Lipinski definition) is 1. The van der Waals surface area contributed by atoms with E-state index in [0.717, 1.165) is 49.2 Å². The van der Waals surface area contributed by atoms with E-state index in [2.05, 4.69) is 16.3 Å². The number of nitrogens with zero attached hydrogens (tertiary/aromatic N) is 2. The Morgan fingerprint density at radius 1 is 1.26 bits per heavy atom. The largest absolute Gasteiger partial charge is 0.348 e. The fourth-order valence-corrected chi connectivity index (χ4v) is 2.96. The first-order valence-electron chi connectivity index (χ1n) is 6.82. The first-order valence-corrected chi connectivity index (χ1v) is 6.82. The van der Waals surface area contributed by atoms with E-state index in [-0.39, 0.29) is 5.82 Å². The fourth-order valence-electron chi connectivity index (χ4n) is 2.96. The average molecular weight is 261 g/mol. The zero-order valence-corrected chi connectivity index (χ0v) is 11.5. The molecule has 1 aromatic carbocycles. The van der Waals surface area contributed by atoms with E-state index in [0.29, 0.717) is 5.52 Å². The summed E-state index contributed by atoms with van der Waals surface area (Å²) in [4.78, 5) is 2.37. The zero-order valence-electron chi connectivity index (χ0n) is 11.5. The molecule has 1 aliphatic heterocycles. The molecule has 1 N–H and O–H groups in total. The van der Waals surface area contributed by atoms with Gasteiger partial charge >= 0.3 is 0 Å². The fraction of sp³-hybridized carbons (Fsp3) is 0.467. The van der Waals surface area contributed by atoms with Gasteiger partial charge in [-0.3, -0.25) is 4.90 Å². The van der Waals surface area contributed by atoms with Gasteiger partial charge in [0.1, 0.15) is 5.82 Å². The molecule has 1 saturated heterocycles. The second-order valence-corrected chi connectivity index (χ2v) is 5.42. The molecule has 3 nitrogen and oxygen atoms in total. The molecule has 0 unspecified atom stereocenters. The van der Waals surface area contributed by atoms with Gasteiger partial charge in [-0.05, 0) is 30.2 Å². The third kappa shape index (κ3) is 2.38. The Morgan fingerprint density at radius 2 is 2.00 bits per heavy atom. The van der Waals surface area contributed by atoms with Crippen molar-refractivity contribution in [3.63, 3.8) is 0 Å². The van der Waals surface area contributed by atoms with Crippen LogP contribution < -0.4 is 5.32 Å². The van der Waals surface area contributed by atoms with Gasteiger partial charge in [0.25, 0.3) is 0 Å². The maximum absolute atomic E-state index is 14.2. The quantitative estimate of drug-likeness (QED) is 0.892. The van der Waals surface area contributed by atoms with Crippen molar-refractivity contribution in [2.75, 3.05) is 26.2 Å². The molecular weight excluding hydrogens is 241 g/mol. The van der Waals surface area contributed by atoms with Gasteiger partial charge in [-0.1, -0.05) is 0 Å². The third-order valence-corrected chi connectivity index (χ3v) is 3.90. The average Bonchev–Trinajstić information content (AvgIpc) is 2.66. The Balaban J connectivity index is 1.94. The Hall–Kier alpha value is -1.39. The summed E-state index contributed by atoms with van der Waals surface area (Å²) in [5.41, 5.74) is 2.92. The van der Waals surface area contributed by atoms with E-state index in [1.807, 2.05) is 24.7 Å². The van der Waals surface area contributed by atoms with Gasteiger partial charge in [0.15, 0.2) is 0 Å². The highest BCUT2D eigenvalue weighted by Crippen LogP contribution is 2.25. The molecule has 0 bridgehead atoms.